The number of amides is 1. The van der Waals surface area contributed by atoms with Crippen molar-refractivity contribution in [3.05, 3.63) is 78.0 Å². The summed E-state index contributed by atoms with van der Waals surface area (Å²) in [6.45, 7) is 0.652. The zero-order chi connectivity index (χ0) is 17.4. The minimum atomic E-state index is -0.519. The fourth-order valence-corrected chi connectivity index (χ4v) is 2.51. The monoisotopic (exact) mass is 327 g/mol. The highest BCUT2D eigenvalue weighted by molar-refractivity contribution is 5.97. The Hall–Kier alpha value is -2.53. The van der Waals surface area contributed by atoms with Gasteiger partial charge in [0.05, 0.1) is 6.54 Å². The second kappa shape index (κ2) is 8.93. The number of hydrogen-bond acceptors (Lipinski definition) is 3. The SMILES string of the molecule is NC(=O)c1ccccc1CC(C[CH]F)NCC(=O)c1ccccc1. The first-order valence-electron chi connectivity index (χ1n) is 7.73. The highest BCUT2D eigenvalue weighted by Crippen LogP contribution is 2.13. The highest BCUT2D eigenvalue weighted by atomic mass is 19.1. The molecule has 0 aliphatic heterocycles. The highest BCUT2D eigenvalue weighted by Gasteiger charge is 2.15. The summed E-state index contributed by atoms with van der Waals surface area (Å²) < 4.78 is 12.7. The predicted molar refractivity (Wildman–Crippen MR) is 91.3 cm³/mol. The van der Waals surface area contributed by atoms with Crippen LogP contribution in [0.3, 0.4) is 0 Å². The number of Topliss-reactive ketones (excluding diaryl/α,β-unsaturated/α-hetero) is 1. The van der Waals surface area contributed by atoms with Crippen molar-refractivity contribution in [2.45, 2.75) is 18.9 Å². The molecule has 5 heteroatoms. The van der Waals surface area contributed by atoms with Gasteiger partial charge in [-0.2, -0.15) is 0 Å². The lowest BCUT2D eigenvalue weighted by molar-refractivity contribution is 0.0980. The van der Waals surface area contributed by atoms with Gasteiger partial charge in [-0.1, -0.05) is 48.5 Å². The van der Waals surface area contributed by atoms with E-state index in [1.54, 1.807) is 48.5 Å². The number of nitrogens with two attached hydrogens (primary N) is 1. The van der Waals surface area contributed by atoms with Gasteiger partial charge >= 0.3 is 0 Å². The average Bonchev–Trinajstić information content (AvgIpc) is 2.60. The maximum absolute atomic E-state index is 12.7. The third-order valence-electron chi connectivity index (χ3n) is 3.77. The number of ketones is 1. The Morgan fingerprint density at radius 2 is 1.75 bits per heavy atom. The van der Waals surface area contributed by atoms with Crippen LogP contribution in [0.4, 0.5) is 4.39 Å². The Morgan fingerprint density at radius 1 is 1.08 bits per heavy atom. The number of carbonyl (C=O) groups excluding carboxylic acids is 2. The van der Waals surface area contributed by atoms with Crippen LogP contribution in [0.2, 0.25) is 0 Å². The quantitative estimate of drug-likeness (QED) is 0.696. The lowest BCUT2D eigenvalue weighted by Crippen LogP contribution is -2.35. The van der Waals surface area contributed by atoms with Crippen LogP contribution in [0.1, 0.15) is 32.7 Å². The van der Waals surface area contributed by atoms with Gasteiger partial charge in [0.25, 0.3) is 0 Å². The predicted octanol–water partition coefficient (Wildman–Crippen LogP) is 2.69. The number of hydrogen-bond donors (Lipinski definition) is 2. The van der Waals surface area contributed by atoms with E-state index >= 15 is 0 Å². The van der Waals surface area contributed by atoms with Crippen LogP contribution in [0.5, 0.6) is 0 Å². The minimum absolute atomic E-state index is 0.0670. The first-order chi connectivity index (χ1) is 11.6. The molecule has 0 heterocycles. The fourth-order valence-electron chi connectivity index (χ4n) is 2.51. The van der Waals surface area contributed by atoms with Crippen molar-refractivity contribution in [1.29, 1.82) is 0 Å². The minimum Gasteiger partial charge on any atom is -0.366 e. The number of carbonyl (C=O) groups is 2. The van der Waals surface area contributed by atoms with Crippen LogP contribution in [-0.4, -0.2) is 24.3 Å². The van der Waals surface area contributed by atoms with Crippen molar-refractivity contribution >= 4 is 11.7 Å². The summed E-state index contributed by atoms with van der Waals surface area (Å²) in [4.78, 5) is 23.6. The number of primary amides is 1. The Labute approximate surface area is 140 Å². The van der Waals surface area contributed by atoms with Crippen molar-refractivity contribution in [3.8, 4) is 0 Å². The molecule has 2 aromatic rings. The van der Waals surface area contributed by atoms with Crippen LogP contribution in [0.15, 0.2) is 54.6 Å². The maximum Gasteiger partial charge on any atom is 0.248 e. The topological polar surface area (TPSA) is 72.2 Å². The number of halogens is 1. The van der Waals surface area contributed by atoms with E-state index in [1.807, 2.05) is 6.07 Å². The number of rotatable bonds is 9. The summed E-state index contributed by atoms with van der Waals surface area (Å²) in [6, 6.07) is 15.6. The summed E-state index contributed by atoms with van der Waals surface area (Å²) in [7, 11) is 0. The standard InChI is InChI=1S/C19H20FN2O2/c20-11-10-16(12-15-8-4-5-9-17(15)19(21)24)22-13-18(23)14-6-2-1-3-7-14/h1-9,11,16,22H,10,12-13H2,(H2,21,24). The lowest BCUT2D eigenvalue weighted by atomic mass is 9.98. The van der Waals surface area contributed by atoms with Gasteiger partial charge in [0.15, 0.2) is 5.78 Å². The molecule has 4 nitrogen and oxygen atoms in total. The van der Waals surface area contributed by atoms with E-state index in [1.165, 1.54) is 0 Å². The zero-order valence-electron chi connectivity index (χ0n) is 13.2. The van der Waals surface area contributed by atoms with Crippen molar-refractivity contribution in [2.24, 2.45) is 5.73 Å². The van der Waals surface area contributed by atoms with Gasteiger partial charge in [-0.15, -0.1) is 0 Å². The van der Waals surface area contributed by atoms with Crippen LogP contribution in [-0.2, 0) is 6.42 Å². The summed E-state index contributed by atoms with van der Waals surface area (Å²) in [6.07, 6.45) is 0.538. The summed E-state index contributed by atoms with van der Waals surface area (Å²) in [5.41, 5.74) is 7.12. The molecule has 3 N–H and O–H groups in total. The van der Waals surface area contributed by atoms with E-state index in [4.69, 9.17) is 5.73 Å². The molecule has 2 aromatic carbocycles. The Balaban J connectivity index is 2.02. The molecule has 24 heavy (non-hydrogen) atoms. The normalized spacial score (nSPS) is 11.9. The third-order valence-corrected chi connectivity index (χ3v) is 3.77. The molecule has 0 fully saturated rings. The molecule has 0 saturated heterocycles. The smallest absolute Gasteiger partial charge is 0.248 e. The lowest BCUT2D eigenvalue weighted by Gasteiger charge is -2.18. The molecule has 1 unspecified atom stereocenters. The molecule has 125 valence electrons. The molecule has 2 rings (SSSR count). The van der Waals surface area contributed by atoms with Crippen LogP contribution in [0, 0.1) is 6.67 Å². The third kappa shape index (κ3) is 4.99. The molecule has 1 atom stereocenters. The first-order valence-corrected chi connectivity index (χ1v) is 7.73. The second-order valence-corrected chi connectivity index (χ2v) is 5.48. The van der Waals surface area contributed by atoms with Gasteiger partial charge in [-0.25, -0.2) is 4.39 Å². The maximum atomic E-state index is 12.7. The Kier molecular flexibility index (Phi) is 6.63. The van der Waals surface area contributed by atoms with E-state index < -0.39 is 5.91 Å². The molecule has 0 aliphatic rings. The van der Waals surface area contributed by atoms with E-state index in [0.717, 1.165) is 5.56 Å². The van der Waals surface area contributed by atoms with Crippen LogP contribution >= 0.6 is 0 Å². The van der Waals surface area contributed by atoms with Crippen LogP contribution in [0.25, 0.3) is 0 Å². The van der Waals surface area contributed by atoms with Gasteiger partial charge in [-0.3, -0.25) is 9.59 Å². The largest absolute Gasteiger partial charge is 0.366 e. The molecule has 1 amide bonds. The molecule has 0 aromatic heterocycles. The second-order valence-electron chi connectivity index (χ2n) is 5.48. The molecule has 0 saturated carbocycles. The first kappa shape index (κ1) is 17.8. The number of benzene rings is 2. The van der Waals surface area contributed by atoms with Crippen LogP contribution < -0.4 is 11.1 Å². The van der Waals surface area contributed by atoms with E-state index in [9.17, 15) is 14.0 Å². The molecular weight excluding hydrogens is 307 g/mol. The Bertz CT molecular complexity index is 689. The van der Waals surface area contributed by atoms with Crippen molar-refractivity contribution in [3.63, 3.8) is 0 Å². The molecule has 0 spiro atoms. The van der Waals surface area contributed by atoms with Gasteiger partial charge in [0.2, 0.25) is 5.91 Å². The van der Waals surface area contributed by atoms with Crippen molar-refractivity contribution in [2.75, 3.05) is 6.54 Å². The van der Waals surface area contributed by atoms with Gasteiger partial charge in [-0.05, 0) is 24.5 Å². The fraction of sp³-hybridized carbons (Fsp3) is 0.211. The number of nitrogens with one attached hydrogen (secondary N) is 1. The van der Waals surface area contributed by atoms with Gasteiger partial charge in [0.1, 0.15) is 6.67 Å². The van der Waals surface area contributed by atoms with E-state index in [-0.39, 0.29) is 24.8 Å². The molecular formula is C19H20FN2O2. The summed E-state index contributed by atoms with van der Waals surface area (Å²) in [5.74, 6) is -0.586. The molecule has 0 bridgehead atoms. The Morgan fingerprint density at radius 3 is 2.42 bits per heavy atom. The summed E-state index contributed by atoms with van der Waals surface area (Å²) >= 11 is 0. The molecule has 1 radical (unpaired) electrons. The molecule has 0 aliphatic carbocycles. The van der Waals surface area contributed by atoms with Crippen molar-refractivity contribution in [1.82, 2.24) is 5.32 Å². The van der Waals surface area contributed by atoms with Gasteiger partial charge < -0.3 is 11.1 Å². The van der Waals surface area contributed by atoms with E-state index in [2.05, 4.69) is 5.32 Å². The van der Waals surface area contributed by atoms with Crippen molar-refractivity contribution < 1.29 is 14.0 Å². The summed E-state index contributed by atoms with van der Waals surface area (Å²) in [5, 5.41) is 3.06. The average molecular weight is 327 g/mol. The zero-order valence-corrected chi connectivity index (χ0v) is 13.2. The van der Waals surface area contributed by atoms with Gasteiger partial charge in [0, 0.05) is 17.2 Å². The van der Waals surface area contributed by atoms with E-state index in [0.29, 0.717) is 24.2 Å².